The van der Waals surface area contributed by atoms with Crippen molar-refractivity contribution >= 4 is 30.8 Å². The zero-order chi connectivity index (χ0) is 29.5. The summed E-state index contributed by atoms with van der Waals surface area (Å²) in [6.45, 7) is 13.0. The van der Waals surface area contributed by atoms with E-state index in [1.54, 1.807) is 11.0 Å². The van der Waals surface area contributed by atoms with Crippen molar-refractivity contribution in [3.05, 3.63) is 84.5 Å². The van der Waals surface area contributed by atoms with Gasteiger partial charge in [-0.1, -0.05) is 93.6 Å². The zero-order valence-electron chi connectivity index (χ0n) is 25.2. The monoisotopic (exact) mass is 573 g/mol. The van der Waals surface area contributed by atoms with E-state index >= 15 is 0 Å². The Morgan fingerprint density at radius 2 is 1.56 bits per heavy atom. The van der Waals surface area contributed by atoms with Gasteiger partial charge >= 0.3 is 12.1 Å². The fourth-order valence-corrected chi connectivity index (χ4v) is 11.4. The quantitative estimate of drug-likeness (QED) is 0.329. The number of piperidine rings is 1. The SMILES string of the molecule is CC(C)(C)OC(=O)N1CCCC[C@H]1[C@]12C[C@@H](O[Si](c3ccccc3)(c3ccccc3)C(C)(C)C)C=CC1=CC(=O)O2. The molecule has 0 radical (unpaired) electrons. The molecular formula is C34H43NO5Si. The van der Waals surface area contributed by atoms with Crippen molar-refractivity contribution in [3.8, 4) is 0 Å². The molecule has 2 aliphatic heterocycles. The Balaban J connectivity index is 1.57. The fourth-order valence-electron chi connectivity index (χ4n) is 6.79. The lowest BCUT2D eigenvalue weighted by molar-refractivity contribution is -0.155. The molecule has 2 aromatic carbocycles. The molecule has 0 bridgehead atoms. The van der Waals surface area contributed by atoms with Gasteiger partial charge in [0.25, 0.3) is 8.32 Å². The normalized spacial score (nSPS) is 24.9. The second-order valence-corrected chi connectivity index (χ2v) is 17.7. The molecule has 5 rings (SSSR count). The number of rotatable bonds is 5. The van der Waals surface area contributed by atoms with Crippen LogP contribution in [0.3, 0.4) is 0 Å². The predicted octanol–water partition coefficient (Wildman–Crippen LogP) is 5.90. The molecule has 7 heteroatoms. The van der Waals surface area contributed by atoms with Gasteiger partial charge in [0.05, 0.1) is 12.1 Å². The summed E-state index contributed by atoms with van der Waals surface area (Å²) in [7, 11) is -2.87. The minimum atomic E-state index is -2.87. The van der Waals surface area contributed by atoms with Crippen molar-refractivity contribution in [1.82, 2.24) is 4.90 Å². The maximum Gasteiger partial charge on any atom is 0.410 e. The Labute approximate surface area is 245 Å². The largest absolute Gasteiger partial charge is 0.449 e. The van der Waals surface area contributed by atoms with Crippen molar-refractivity contribution in [2.75, 3.05) is 6.54 Å². The minimum Gasteiger partial charge on any atom is -0.449 e. The summed E-state index contributed by atoms with van der Waals surface area (Å²) in [4.78, 5) is 28.1. The number of carbonyl (C=O) groups is 2. The standard InChI is InChI=1S/C34H43NO5Si/c1-32(2,3)39-31(37)35-22-14-13-19-29(35)34-24-26(21-20-25(34)23-30(36)38-34)40-41(33(4,5)6,27-15-9-7-10-16-27)28-17-11-8-12-18-28/h7-12,15-18,20-21,23,26,29H,13-14,19,22,24H2,1-6H3/t26-,29-,34-/m0/s1. The van der Waals surface area contributed by atoms with Gasteiger partial charge in [0, 0.05) is 24.6 Å². The molecule has 3 aliphatic rings. The Kier molecular flexibility index (Phi) is 7.81. The summed E-state index contributed by atoms with van der Waals surface area (Å²) in [6.07, 6.45) is 7.95. The van der Waals surface area contributed by atoms with Crippen LogP contribution >= 0.6 is 0 Å². The van der Waals surface area contributed by atoms with Crippen LogP contribution < -0.4 is 10.4 Å². The van der Waals surface area contributed by atoms with Gasteiger partial charge in [-0.2, -0.15) is 0 Å². The average Bonchev–Trinajstić information content (AvgIpc) is 3.27. The van der Waals surface area contributed by atoms with Crippen LogP contribution in [0.25, 0.3) is 0 Å². The Bertz CT molecular complexity index is 1280. The molecule has 6 nitrogen and oxygen atoms in total. The predicted molar refractivity (Wildman–Crippen MR) is 164 cm³/mol. The maximum atomic E-state index is 13.4. The molecule has 1 aliphatic carbocycles. The highest BCUT2D eigenvalue weighted by atomic mass is 28.4. The second-order valence-electron chi connectivity index (χ2n) is 13.5. The van der Waals surface area contributed by atoms with E-state index < -0.39 is 19.5 Å². The van der Waals surface area contributed by atoms with E-state index in [9.17, 15) is 9.59 Å². The minimum absolute atomic E-state index is 0.202. The number of likely N-dealkylation sites (tertiary alicyclic amines) is 1. The number of hydrogen-bond donors (Lipinski definition) is 0. The topological polar surface area (TPSA) is 65.1 Å². The van der Waals surface area contributed by atoms with E-state index in [0.29, 0.717) is 13.0 Å². The van der Waals surface area contributed by atoms with Gasteiger partial charge in [-0.05, 0) is 55.4 Å². The van der Waals surface area contributed by atoms with E-state index in [4.69, 9.17) is 13.9 Å². The molecule has 0 spiro atoms. The Hall–Kier alpha value is -3.16. The van der Waals surface area contributed by atoms with E-state index in [1.165, 1.54) is 10.4 Å². The molecule has 1 amide bonds. The fraction of sp³-hybridized carbons (Fsp3) is 0.471. The Morgan fingerprint density at radius 3 is 2.12 bits per heavy atom. The van der Waals surface area contributed by atoms with Crippen LogP contribution in [0.5, 0.6) is 0 Å². The van der Waals surface area contributed by atoms with Gasteiger partial charge in [0.2, 0.25) is 0 Å². The summed E-state index contributed by atoms with van der Waals surface area (Å²) in [5.74, 6) is -0.370. The van der Waals surface area contributed by atoms with Crippen LogP contribution in [-0.4, -0.2) is 55.2 Å². The smallest absolute Gasteiger partial charge is 0.410 e. The molecule has 1 saturated heterocycles. The summed E-state index contributed by atoms with van der Waals surface area (Å²) >= 11 is 0. The van der Waals surface area contributed by atoms with Gasteiger partial charge < -0.3 is 18.8 Å². The second kappa shape index (κ2) is 10.9. The number of carbonyl (C=O) groups excluding carboxylic acids is 2. The van der Waals surface area contributed by atoms with Crippen molar-refractivity contribution in [1.29, 1.82) is 0 Å². The molecule has 1 fully saturated rings. The first-order valence-corrected chi connectivity index (χ1v) is 16.7. The highest BCUT2D eigenvalue weighted by Crippen LogP contribution is 2.47. The van der Waals surface area contributed by atoms with E-state index in [-0.39, 0.29) is 29.2 Å². The summed E-state index contributed by atoms with van der Waals surface area (Å²) in [6, 6.07) is 20.8. The molecule has 3 atom stereocenters. The molecule has 2 aromatic rings. The van der Waals surface area contributed by atoms with Crippen molar-refractivity contribution in [2.45, 2.75) is 95.6 Å². The number of benzene rings is 2. The van der Waals surface area contributed by atoms with Crippen molar-refractivity contribution in [2.24, 2.45) is 0 Å². The van der Waals surface area contributed by atoms with Crippen molar-refractivity contribution < 1.29 is 23.5 Å². The van der Waals surface area contributed by atoms with Crippen LogP contribution in [0.2, 0.25) is 5.04 Å². The number of nitrogens with zero attached hydrogens (tertiary/aromatic N) is 1. The third-order valence-corrected chi connectivity index (χ3v) is 13.5. The molecule has 2 heterocycles. The molecule has 0 N–H and O–H groups in total. The van der Waals surface area contributed by atoms with Crippen LogP contribution in [0.1, 0.15) is 67.2 Å². The van der Waals surface area contributed by atoms with Gasteiger partial charge in [0.1, 0.15) is 5.60 Å². The van der Waals surface area contributed by atoms with Crippen LogP contribution in [0.4, 0.5) is 4.79 Å². The highest BCUT2D eigenvalue weighted by Gasteiger charge is 2.58. The summed E-state index contributed by atoms with van der Waals surface area (Å²) in [5, 5.41) is 2.19. The number of ether oxygens (including phenoxy) is 2. The van der Waals surface area contributed by atoms with Gasteiger partial charge in [-0.3, -0.25) is 0 Å². The third-order valence-electron chi connectivity index (χ3n) is 8.45. The van der Waals surface area contributed by atoms with Crippen LogP contribution in [0.15, 0.2) is 84.5 Å². The number of esters is 1. The highest BCUT2D eigenvalue weighted by molar-refractivity contribution is 6.99. The molecular weight excluding hydrogens is 530 g/mol. The summed E-state index contributed by atoms with van der Waals surface area (Å²) < 4.78 is 19.5. The molecule has 218 valence electrons. The Morgan fingerprint density at radius 1 is 0.951 bits per heavy atom. The van der Waals surface area contributed by atoms with E-state index in [0.717, 1.165) is 24.8 Å². The lowest BCUT2D eigenvalue weighted by atomic mass is 9.75. The first kappa shape index (κ1) is 29.3. The maximum absolute atomic E-state index is 13.4. The number of amides is 1. The van der Waals surface area contributed by atoms with Gasteiger partial charge in [-0.15, -0.1) is 0 Å². The van der Waals surface area contributed by atoms with Crippen LogP contribution in [0, 0.1) is 0 Å². The average molecular weight is 574 g/mol. The van der Waals surface area contributed by atoms with E-state index in [1.807, 2.05) is 39.0 Å². The van der Waals surface area contributed by atoms with Gasteiger partial charge in [-0.25, -0.2) is 9.59 Å². The lowest BCUT2D eigenvalue weighted by Crippen LogP contribution is -2.68. The molecule has 0 aromatic heterocycles. The van der Waals surface area contributed by atoms with Crippen molar-refractivity contribution in [3.63, 3.8) is 0 Å². The van der Waals surface area contributed by atoms with Crippen LogP contribution in [-0.2, 0) is 18.7 Å². The molecule has 0 saturated carbocycles. The van der Waals surface area contributed by atoms with E-state index in [2.05, 4.69) is 75.4 Å². The zero-order valence-corrected chi connectivity index (χ0v) is 26.2. The van der Waals surface area contributed by atoms with Gasteiger partial charge in [0.15, 0.2) is 5.60 Å². The number of fused-ring (bicyclic) bond motifs is 1. The number of hydrogen-bond acceptors (Lipinski definition) is 5. The lowest BCUT2D eigenvalue weighted by Gasteiger charge is -2.50. The summed E-state index contributed by atoms with van der Waals surface area (Å²) in [5.41, 5.74) is -0.798. The first-order chi connectivity index (χ1) is 19.4. The third kappa shape index (κ3) is 5.54. The first-order valence-electron chi connectivity index (χ1n) is 14.8. The molecule has 41 heavy (non-hydrogen) atoms. The molecule has 0 unspecified atom stereocenters.